The van der Waals surface area contributed by atoms with Crippen molar-refractivity contribution >= 4 is 53.1 Å². The van der Waals surface area contributed by atoms with E-state index < -0.39 is 24.9 Å². The van der Waals surface area contributed by atoms with Crippen LogP contribution in [0.4, 0.5) is 13.9 Å². The Morgan fingerprint density at radius 1 is 1.39 bits per heavy atom. The molecule has 134 valence electrons. The van der Waals surface area contributed by atoms with Gasteiger partial charge in [-0.3, -0.25) is 9.59 Å². The van der Waals surface area contributed by atoms with Gasteiger partial charge in [0.15, 0.2) is 5.13 Å². The van der Waals surface area contributed by atoms with Crippen LogP contribution in [0.2, 0.25) is 0 Å². The fraction of sp³-hybridized carbons (Fsp3) is 0.583. The molecule has 11 heteroatoms. The standard InChI is InChI=1S/C12H18F2N4O2S.2ClH/c1-7(2)10(20)18-11-17-8(4-21-11)3-9(19)16-6-12(13,14)5-15;;/h4,7H,3,5-6,15H2,1-2H3,(H,16,19)(H,17,18,20);2*1H. The maximum absolute atomic E-state index is 12.9. The maximum Gasteiger partial charge on any atom is 0.277 e. The van der Waals surface area contributed by atoms with Gasteiger partial charge in [0.05, 0.1) is 25.2 Å². The predicted molar refractivity (Wildman–Crippen MR) is 90.8 cm³/mol. The normalized spacial score (nSPS) is 10.5. The average Bonchev–Trinajstić information content (AvgIpc) is 2.83. The zero-order valence-electron chi connectivity index (χ0n) is 12.6. The van der Waals surface area contributed by atoms with Gasteiger partial charge >= 0.3 is 0 Å². The number of halogens is 4. The van der Waals surface area contributed by atoms with Gasteiger partial charge in [-0.15, -0.1) is 36.2 Å². The Morgan fingerprint density at radius 3 is 2.52 bits per heavy atom. The number of thiazole rings is 1. The number of alkyl halides is 2. The molecule has 0 aliphatic carbocycles. The highest BCUT2D eigenvalue weighted by Crippen LogP contribution is 2.17. The second-order valence-electron chi connectivity index (χ2n) is 4.80. The first kappa shape index (κ1) is 24.2. The topological polar surface area (TPSA) is 97.1 Å². The second-order valence-corrected chi connectivity index (χ2v) is 5.66. The zero-order valence-corrected chi connectivity index (χ0v) is 15.0. The van der Waals surface area contributed by atoms with E-state index in [1.807, 2.05) is 0 Å². The third-order valence-corrected chi connectivity index (χ3v) is 3.30. The number of hydrogen-bond donors (Lipinski definition) is 3. The van der Waals surface area contributed by atoms with E-state index in [1.54, 1.807) is 19.2 Å². The first-order valence-electron chi connectivity index (χ1n) is 6.33. The fourth-order valence-electron chi connectivity index (χ4n) is 1.22. The molecule has 0 saturated carbocycles. The van der Waals surface area contributed by atoms with E-state index in [-0.39, 0.29) is 43.1 Å². The Morgan fingerprint density at radius 2 is 2.00 bits per heavy atom. The molecule has 6 nitrogen and oxygen atoms in total. The maximum atomic E-state index is 12.9. The number of nitrogens with two attached hydrogens (primary N) is 1. The molecule has 0 fully saturated rings. The Labute approximate surface area is 149 Å². The molecule has 1 heterocycles. The minimum Gasteiger partial charge on any atom is -0.350 e. The predicted octanol–water partition coefficient (Wildman–Crippen LogP) is 1.83. The summed E-state index contributed by atoms with van der Waals surface area (Å²) in [7, 11) is 0. The highest BCUT2D eigenvalue weighted by Gasteiger charge is 2.27. The monoisotopic (exact) mass is 392 g/mol. The summed E-state index contributed by atoms with van der Waals surface area (Å²) in [5, 5.41) is 6.67. The number of nitrogens with zero attached hydrogens (tertiary/aromatic N) is 1. The van der Waals surface area contributed by atoms with Crippen molar-refractivity contribution in [3.05, 3.63) is 11.1 Å². The molecule has 0 spiro atoms. The number of anilines is 1. The minimum absolute atomic E-state index is 0. The van der Waals surface area contributed by atoms with Crippen LogP contribution in [-0.4, -0.2) is 35.8 Å². The molecule has 2 amide bonds. The molecule has 0 saturated heterocycles. The third kappa shape index (κ3) is 8.99. The summed E-state index contributed by atoms with van der Waals surface area (Å²) in [6.07, 6.45) is -0.130. The van der Waals surface area contributed by atoms with Gasteiger partial charge in [-0.1, -0.05) is 13.8 Å². The Hall–Kier alpha value is -1.03. The van der Waals surface area contributed by atoms with Gasteiger partial charge in [-0.05, 0) is 0 Å². The lowest BCUT2D eigenvalue weighted by atomic mass is 10.2. The van der Waals surface area contributed by atoms with Crippen molar-refractivity contribution in [3.63, 3.8) is 0 Å². The summed E-state index contributed by atoms with van der Waals surface area (Å²) in [5.41, 5.74) is 5.28. The molecule has 1 aromatic heterocycles. The van der Waals surface area contributed by atoms with Gasteiger partial charge in [-0.2, -0.15) is 0 Å². The van der Waals surface area contributed by atoms with Crippen LogP contribution in [0.15, 0.2) is 5.38 Å². The molecular weight excluding hydrogens is 373 g/mol. The first-order chi connectivity index (χ1) is 9.73. The molecule has 0 bridgehead atoms. The lowest BCUT2D eigenvalue weighted by Crippen LogP contribution is -2.42. The van der Waals surface area contributed by atoms with Crippen molar-refractivity contribution in [3.8, 4) is 0 Å². The number of nitrogens with one attached hydrogen (secondary N) is 2. The molecule has 1 rings (SSSR count). The van der Waals surface area contributed by atoms with Crippen LogP contribution in [0.25, 0.3) is 0 Å². The molecule has 0 aliphatic heterocycles. The second kappa shape index (κ2) is 10.7. The van der Waals surface area contributed by atoms with Crippen molar-refractivity contribution in [2.75, 3.05) is 18.4 Å². The molecule has 4 N–H and O–H groups in total. The van der Waals surface area contributed by atoms with Crippen LogP contribution >= 0.6 is 36.2 Å². The summed E-state index contributed by atoms with van der Waals surface area (Å²) in [5.74, 6) is -4.05. The SMILES string of the molecule is CC(C)C(=O)Nc1nc(CC(=O)NCC(F)(F)CN)cs1.Cl.Cl. The van der Waals surface area contributed by atoms with Crippen molar-refractivity contribution in [1.29, 1.82) is 0 Å². The molecule has 0 aliphatic rings. The minimum atomic E-state index is -3.12. The lowest BCUT2D eigenvalue weighted by molar-refractivity contribution is -0.122. The number of carbonyl (C=O) groups is 2. The van der Waals surface area contributed by atoms with Gasteiger partial charge < -0.3 is 16.4 Å². The number of carbonyl (C=O) groups excluding carboxylic acids is 2. The largest absolute Gasteiger partial charge is 0.350 e. The van der Waals surface area contributed by atoms with E-state index in [0.29, 0.717) is 10.8 Å². The van der Waals surface area contributed by atoms with Crippen LogP contribution < -0.4 is 16.4 Å². The highest BCUT2D eigenvalue weighted by molar-refractivity contribution is 7.13. The van der Waals surface area contributed by atoms with Crippen molar-refractivity contribution < 1.29 is 18.4 Å². The molecule has 23 heavy (non-hydrogen) atoms. The van der Waals surface area contributed by atoms with E-state index in [0.717, 1.165) is 0 Å². The molecule has 0 unspecified atom stereocenters. The summed E-state index contributed by atoms with van der Waals surface area (Å²) in [6.45, 7) is 1.86. The number of hydrogen-bond acceptors (Lipinski definition) is 5. The van der Waals surface area contributed by atoms with Crippen LogP contribution in [0.1, 0.15) is 19.5 Å². The summed E-state index contributed by atoms with van der Waals surface area (Å²) in [4.78, 5) is 27.0. The van der Waals surface area contributed by atoms with E-state index in [1.165, 1.54) is 11.3 Å². The van der Waals surface area contributed by atoms with Crippen molar-refractivity contribution in [2.24, 2.45) is 11.7 Å². The van der Waals surface area contributed by atoms with Gasteiger partial charge in [0.1, 0.15) is 0 Å². The van der Waals surface area contributed by atoms with E-state index in [9.17, 15) is 18.4 Å². The summed E-state index contributed by atoms with van der Waals surface area (Å²) < 4.78 is 25.7. The first-order valence-corrected chi connectivity index (χ1v) is 7.21. The Balaban J connectivity index is 0. The van der Waals surface area contributed by atoms with Gasteiger partial charge in [0.2, 0.25) is 11.8 Å². The molecule has 0 radical (unpaired) electrons. The van der Waals surface area contributed by atoms with Crippen molar-refractivity contribution in [2.45, 2.75) is 26.2 Å². The molecule has 0 aromatic carbocycles. The highest BCUT2D eigenvalue weighted by atomic mass is 35.5. The summed E-state index contributed by atoms with van der Waals surface area (Å²) >= 11 is 1.17. The lowest BCUT2D eigenvalue weighted by Gasteiger charge is -2.14. The van der Waals surface area contributed by atoms with E-state index in [4.69, 9.17) is 5.73 Å². The number of amides is 2. The zero-order chi connectivity index (χ0) is 16.0. The molecule has 0 atom stereocenters. The van der Waals surface area contributed by atoms with Crippen LogP contribution in [0.5, 0.6) is 0 Å². The smallest absolute Gasteiger partial charge is 0.277 e. The van der Waals surface area contributed by atoms with Crippen LogP contribution in [0.3, 0.4) is 0 Å². The van der Waals surface area contributed by atoms with Gasteiger partial charge in [-0.25, -0.2) is 13.8 Å². The van der Waals surface area contributed by atoms with Gasteiger partial charge in [0, 0.05) is 11.3 Å². The Kier molecular flexibility index (Phi) is 11.3. The third-order valence-electron chi connectivity index (χ3n) is 2.49. The van der Waals surface area contributed by atoms with Crippen LogP contribution in [0, 0.1) is 5.92 Å². The quantitative estimate of drug-likeness (QED) is 0.659. The Bertz CT molecular complexity index is 515. The number of aromatic nitrogens is 1. The summed E-state index contributed by atoms with van der Waals surface area (Å²) in [6, 6.07) is 0. The fourth-order valence-corrected chi connectivity index (χ4v) is 1.94. The van der Waals surface area contributed by atoms with Crippen molar-refractivity contribution in [1.82, 2.24) is 10.3 Å². The van der Waals surface area contributed by atoms with E-state index >= 15 is 0 Å². The average molecular weight is 393 g/mol. The van der Waals surface area contributed by atoms with Crippen LogP contribution in [-0.2, 0) is 16.0 Å². The van der Waals surface area contributed by atoms with Gasteiger partial charge in [0.25, 0.3) is 5.92 Å². The molecule has 1 aromatic rings. The number of rotatable bonds is 7. The molecular formula is C12H20Cl2F2N4O2S. The van der Waals surface area contributed by atoms with E-state index in [2.05, 4.69) is 15.6 Å².